The number of anilines is 1. The van der Waals surface area contributed by atoms with Crippen LogP contribution in [-0.4, -0.2) is 31.6 Å². The number of carboxylic acids is 1. The van der Waals surface area contributed by atoms with Gasteiger partial charge in [-0.25, -0.2) is 9.78 Å². The van der Waals surface area contributed by atoms with E-state index in [4.69, 9.17) is 0 Å². The van der Waals surface area contributed by atoms with Crippen LogP contribution in [0.3, 0.4) is 0 Å². The van der Waals surface area contributed by atoms with Crippen LogP contribution in [-0.2, 0) is 13.6 Å². The molecule has 106 valence electrons. The molecular formula is C13H16N4O2S. The lowest BCUT2D eigenvalue weighted by Gasteiger charge is -2.11. The summed E-state index contributed by atoms with van der Waals surface area (Å²) in [6.07, 6.45) is 1.61. The van der Waals surface area contributed by atoms with Crippen LogP contribution in [0.2, 0.25) is 0 Å². The summed E-state index contributed by atoms with van der Waals surface area (Å²) in [6, 6.07) is 5.42. The Labute approximate surface area is 121 Å². The predicted molar refractivity (Wildman–Crippen MR) is 78.1 cm³/mol. The standard InChI is InChI=1S/C13H16N4O2S/c1-3-20-10-6-4-5-9(12(10)13(18)19)14-7-11-15-8-17(2)16-11/h4-6,8,14H,3,7H2,1-2H3,(H,18,19). The van der Waals surface area contributed by atoms with Crippen LogP contribution < -0.4 is 5.32 Å². The lowest BCUT2D eigenvalue weighted by molar-refractivity contribution is 0.0694. The van der Waals surface area contributed by atoms with Crippen LogP contribution in [0.5, 0.6) is 0 Å². The number of aromatic nitrogens is 3. The molecule has 1 aromatic heterocycles. The normalized spacial score (nSPS) is 10.5. The quantitative estimate of drug-likeness (QED) is 0.795. The van der Waals surface area contributed by atoms with Crippen molar-refractivity contribution in [2.45, 2.75) is 18.4 Å². The first-order chi connectivity index (χ1) is 9.61. The number of aryl methyl sites for hydroxylation is 1. The van der Waals surface area contributed by atoms with E-state index in [2.05, 4.69) is 15.4 Å². The van der Waals surface area contributed by atoms with E-state index >= 15 is 0 Å². The molecule has 0 aliphatic rings. The van der Waals surface area contributed by atoms with Gasteiger partial charge in [0.25, 0.3) is 0 Å². The minimum Gasteiger partial charge on any atom is -0.478 e. The Morgan fingerprint density at radius 2 is 2.30 bits per heavy atom. The minimum atomic E-state index is -0.932. The first kappa shape index (κ1) is 14.4. The van der Waals surface area contributed by atoms with Crippen LogP contribution in [0.25, 0.3) is 0 Å². The van der Waals surface area contributed by atoms with Gasteiger partial charge in [-0.1, -0.05) is 13.0 Å². The van der Waals surface area contributed by atoms with Crippen LogP contribution >= 0.6 is 11.8 Å². The number of carboxylic acid groups (broad SMARTS) is 1. The maximum absolute atomic E-state index is 11.4. The zero-order chi connectivity index (χ0) is 14.5. The molecule has 0 radical (unpaired) electrons. The molecule has 0 spiro atoms. The molecule has 1 heterocycles. The lowest BCUT2D eigenvalue weighted by atomic mass is 10.2. The largest absolute Gasteiger partial charge is 0.478 e. The number of aromatic carboxylic acids is 1. The zero-order valence-corrected chi connectivity index (χ0v) is 12.1. The van der Waals surface area contributed by atoms with Gasteiger partial charge in [0.1, 0.15) is 6.33 Å². The number of thioether (sulfide) groups is 1. The number of hydrogen-bond acceptors (Lipinski definition) is 5. The molecule has 0 atom stereocenters. The van der Waals surface area contributed by atoms with E-state index in [1.165, 1.54) is 11.8 Å². The summed E-state index contributed by atoms with van der Waals surface area (Å²) in [4.78, 5) is 16.3. The fourth-order valence-corrected chi connectivity index (χ4v) is 2.64. The first-order valence-electron chi connectivity index (χ1n) is 6.19. The Morgan fingerprint density at radius 1 is 1.50 bits per heavy atom. The van der Waals surface area contributed by atoms with Crippen molar-refractivity contribution in [1.82, 2.24) is 14.8 Å². The van der Waals surface area contributed by atoms with Crippen LogP contribution in [0.1, 0.15) is 23.1 Å². The van der Waals surface area contributed by atoms with Crippen molar-refractivity contribution in [3.8, 4) is 0 Å². The van der Waals surface area contributed by atoms with Gasteiger partial charge in [-0.3, -0.25) is 4.68 Å². The average Bonchev–Trinajstić information content (AvgIpc) is 2.82. The fourth-order valence-electron chi connectivity index (χ4n) is 1.81. The molecule has 2 rings (SSSR count). The molecule has 20 heavy (non-hydrogen) atoms. The summed E-state index contributed by atoms with van der Waals surface area (Å²) in [6.45, 7) is 2.38. The summed E-state index contributed by atoms with van der Waals surface area (Å²) in [7, 11) is 1.79. The predicted octanol–water partition coefficient (Wildman–Crippen LogP) is 2.24. The average molecular weight is 292 g/mol. The molecule has 1 aromatic carbocycles. The number of carbonyl (C=O) groups is 1. The fraction of sp³-hybridized carbons (Fsp3) is 0.308. The molecule has 0 aliphatic carbocycles. The Balaban J connectivity index is 2.22. The van der Waals surface area contributed by atoms with Gasteiger partial charge in [-0.05, 0) is 17.9 Å². The Bertz CT molecular complexity index is 612. The third-order valence-electron chi connectivity index (χ3n) is 2.62. The summed E-state index contributed by atoms with van der Waals surface area (Å²) in [5, 5.41) is 16.6. The molecular weight excluding hydrogens is 276 g/mol. The van der Waals surface area contributed by atoms with Gasteiger partial charge in [0, 0.05) is 11.9 Å². The van der Waals surface area contributed by atoms with Gasteiger partial charge in [0.2, 0.25) is 0 Å². The first-order valence-corrected chi connectivity index (χ1v) is 7.18. The Kier molecular flexibility index (Phi) is 4.62. The molecule has 0 unspecified atom stereocenters. The monoisotopic (exact) mass is 292 g/mol. The number of nitrogens with one attached hydrogen (secondary N) is 1. The second-order valence-electron chi connectivity index (χ2n) is 4.10. The molecule has 2 aromatic rings. The number of hydrogen-bond donors (Lipinski definition) is 2. The van der Waals surface area contributed by atoms with Crippen LogP contribution in [0, 0.1) is 0 Å². The van der Waals surface area contributed by atoms with E-state index in [-0.39, 0.29) is 0 Å². The molecule has 0 fully saturated rings. The second kappa shape index (κ2) is 6.42. The highest BCUT2D eigenvalue weighted by Gasteiger charge is 2.15. The summed E-state index contributed by atoms with van der Waals surface area (Å²) < 4.78 is 1.61. The van der Waals surface area contributed by atoms with Gasteiger partial charge in [0.15, 0.2) is 5.82 Å². The number of nitrogens with zero attached hydrogens (tertiary/aromatic N) is 3. The lowest BCUT2D eigenvalue weighted by Crippen LogP contribution is -2.09. The minimum absolute atomic E-state index is 0.301. The maximum Gasteiger partial charge on any atom is 0.338 e. The highest BCUT2D eigenvalue weighted by atomic mass is 32.2. The number of rotatable bonds is 6. The van der Waals surface area contributed by atoms with E-state index in [9.17, 15) is 9.90 Å². The second-order valence-corrected chi connectivity index (χ2v) is 5.41. The van der Waals surface area contributed by atoms with E-state index in [1.807, 2.05) is 19.1 Å². The van der Waals surface area contributed by atoms with Gasteiger partial charge in [-0.15, -0.1) is 11.8 Å². The highest BCUT2D eigenvalue weighted by molar-refractivity contribution is 7.99. The van der Waals surface area contributed by atoms with Gasteiger partial charge in [-0.2, -0.15) is 5.10 Å². The van der Waals surface area contributed by atoms with E-state index in [1.54, 1.807) is 24.1 Å². The maximum atomic E-state index is 11.4. The van der Waals surface area contributed by atoms with Crippen molar-refractivity contribution in [1.29, 1.82) is 0 Å². The Hall–Kier alpha value is -2.02. The molecule has 0 saturated carbocycles. The van der Waals surface area contributed by atoms with Gasteiger partial charge < -0.3 is 10.4 Å². The van der Waals surface area contributed by atoms with Crippen molar-refractivity contribution in [2.24, 2.45) is 7.05 Å². The SMILES string of the molecule is CCSc1cccc(NCc2ncn(C)n2)c1C(=O)O. The summed E-state index contributed by atoms with van der Waals surface area (Å²) >= 11 is 1.51. The highest BCUT2D eigenvalue weighted by Crippen LogP contribution is 2.28. The third kappa shape index (κ3) is 3.30. The van der Waals surface area contributed by atoms with Crippen molar-refractivity contribution < 1.29 is 9.90 Å². The zero-order valence-electron chi connectivity index (χ0n) is 11.3. The van der Waals surface area contributed by atoms with Crippen molar-refractivity contribution in [3.05, 3.63) is 35.9 Å². The number of benzene rings is 1. The van der Waals surface area contributed by atoms with Crippen molar-refractivity contribution in [3.63, 3.8) is 0 Å². The summed E-state index contributed by atoms with van der Waals surface area (Å²) in [5.74, 6) is 0.515. The van der Waals surface area contributed by atoms with Crippen molar-refractivity contribution >= 4 is 23.4 Å². The Morgan fingerprint density at radius 3 is 2.90 bits per heavy atom. The van der Waals surface area contributed by atoms with E-state index < -0.39 is 5.97 Å². The molecule has 7 heteroatoms. The van der Waals surface area contributed by atoms with Crippen LogP contribution in [0.15, 0.2) is 29.4 Å². The molecule has 0 saturated heterocycles. The van der Waals surface area contributed by atoms with Gasteiger partial charge in [0.05, 0.1) is 17.8 Å². The topological polar surface area (TPSA) is 80.0 Å². The molecule has 0 amide bonds. The third-order valence-corrected chi connectivity index (χ3v) is 3.56. The van der Waals surface area contributed by atoms with Gasteiger partial charge >= 0.3 is 5.97 Å². The molecule has 6 nitrogen and oxygen atoms in total. The van der Waals surface area contributed by atoms with Crippen molar-refractivity contribution in [2.75, 3.05) is 11.1 Å². The van der Waals surface area contributed by atoms with E-state index in [0.29, 0.717) is 23.6 Å². The molecule has 0 bridgehead atoms. The van der Waals surface area contributed by atoms with E-state index in [0.717, 1.165) is 10.6 Å². The molecule has 2 N–H and O–H groups in total. The summed E-state index contributed by atoms with van der Waals surface area (Å²) in [5.41, 5.74) is 0.888. The molecule has 0 aliphatic heterocycles. The van der Waals surface area contributed by atoms with Crippen LogP contribution in [0.4, 0.5) is 5.69 Å². The smallest absolute Gasteiger partial charge is 0.338 e.